The highest BCUT2D eigenvalue weighted by Gasteiger charge is 2.18. The zero-order valence-electron chi connectivity index (χ0n) is 15.9. The van der Waals surface area contributed by atoms with Crippen molar-refractivity contribution in [2.75, 3.05) is 6.54 Å². The molecule has 5 heteroatoms. The SMILES string of the molecule is CCCCN(Cc1cccn1Cc1ccccc1)C(=O)c1ccc(Cl)c(Cl)c1. The van der Waals surface area contributed by atoms with Gasteiger partial charge in [-0.3, -0.25) is 4.79 Å². The zero-order chi connectivity index (χ0) is 19.9. The van der Waals surface area contributed by atoms with Crippen molar-refractivity contribution in [1.82, 2.24) is 9.47 Å². The number of aromatic nitrogens is 1. The second-order valence-corrected chi connectivity index (χ2v) is 7.64. The summed E-state index contributed by atoms with van der Waals surface area (Å²) >= 11 is 12.1. The van der Waals surface area contributed by atoms with Crippen molar-refractivity contribution in [3.05, 3.63) is 93.7 Å². The minimum Gasteiger partial charge on any atom is -0.345 e. The molecule has 0 unspecified atom stereocenters. The monoisotopic (exact) mass is 414 g/mol. The Balaban J connectivity index is 1.80. The van der Waals surface area contributed by atoms with Crippen LogP contribution in [0.2, 0.25) is 10.0 Å². The summed E-state index contributed by atoms with van der Waals surface area (Å²) in [6, 6.07) is 19.5. The standard InChI is InChI=1S/C23H24Cl2N2O/c1-2-3-13-27(23(28)19-11-12-21(24)22(25)15-19)17-20-10-7-14-26(20)16-18-8-5-4-6-9-18/h4-12,14-15H,2-3,13,16-17H2,1H3. The minimum atomic E-state index is -0.0283. The van der Waals surface area contributed by atoms with Crippen molar-refractivity contribution in [1.29, 1.82) is 0 Å². The lowest BCUT2D eigenvalue weighted by Gasteiger charge is -2.24. The molecular weight excluding hydrogens is 391 g/mol. The van der Waals surface area contributed by atoms with E-state index in [1.807, 2.05) is 29.2 Å². The van der Waals surface area contributed by atoms with E-state index >= 15 is 0 Å². The third-order valence-corrected chi connectivity index (χ3v) is 5.45. The fraction of sp³-hybridized carbons (Fsp3) is 0.261. The van der Waals surface area contributed by atoms with E-state index in [4.69, 9.17) is 23.2 Å². The summed E-state index contributed by atoms with van der Waals surface area (Å²) < 4.78 is 2.19. The summed E-state index contributed by atoms with van der Waals surface area (Å²) in [5.41, 5.74) is 2.90. The summed E-state index contributed by atoms with van der Waals surface area (Å²) in [6.07, 6.45) is 4.03. The maximum absolute atomic E-state index is 13.1. The van der Waals surface area contributed by atoms with Crippen LogP contribution >= 0.6 is 23.2 Å². The molecule has 0 aliphatic carbocycles. The van der Waals surface area contributed by atoms with Crippen molar-refractivity contribution >= 4 is 29.1 Å². The third-order valence-electron chi connectivity index (χ3n) is 4.71. The molecule has 0 atom stereocenters. The number of carbonyl (C=O) groups excluding carboxylic acids is 1. The molecule has 0 spiro atoms. The zero-order valence-corrected chi connectivity index (χ0v) is 17.5. The first-order valence-electron chi connectivity index (χ1n) is 9.50. The Morgan fingerprint density at radius 3 is 2.50 bits per heavy atom. The maximum Gasteiger partial charge on any atom is 0.254 e. The minimum absolute atomic E-state index is 0.0283. The van der Waals surface area contributed by atoms with Gasteiger partial charge in [-0.05, 0) is 42.3 Å². The van der Waals surface area contributed by atoms with E-state index in [-0.39, 0.29) is 5.91 Å². The Morgan fingerprint density at radius 2 is 1.79 bits per heavy atom. The van der Waals surface area contributed by atoms with E-state index in [1.165, 1.54) is 5.56 Å². The first-order valence-corrected chi connectivity index (χ1v) is 10.3. The molecule has 3 aromatic rings. The summed E-state index contributed by atoms with van der Waals surface area (Å²) in [5.74, 6) is -0.0283. The van der Waals surface area contributed by atoms with Gasteiger partial charge in [0, 0.05) is 30.5 Å². The van der Waals surface area contributed by atoms with Gasteiger partial charge in [-0.25, -0.2) is 0 Å². The highest BCUT2D eigenvalue weighted by atomic mass is 35.5. The molecule has 0 N–H and O–H groups in total. The highest BCUT2D eigenvalue weighted by Crippen LogP contribution is 2.24. The van der Waals surface area contributed by atoms with Crippen LogP contribution in [0.4, 0.5) is 0 Å². The number of carbonyl (C=O) groups is 1. The van der Waals surface area contributed by atoms with Crippen molar-refractivity contribution in [2.24, 2.45) is 0 Å². The molecule has 0 radical (unpaired) electrons. The molecule has 1 aromatic heterocycles. The number of hydrogen-bond acceptors (Lipinski definition) is 1. The second-order valence-electron chi connectivity index (χ2n) is 6.82. The molecule has 0 saturated heterocycles. The normalized spacial score (nSPS) is 10.8. The van der Waals surface area contributed by atoms with Gasteiger partial charge in [0.2, 0.25) is 0 Å². The predicted octanol–water partition coefficient (Wildman–Crippen LogP) is 6.29. The van der Waals surface area contributed by atoms with E-state index in [2.05, 4.69) is 35.9 Å². The first kappa shape index (κ1) is 20.5. The van der Waals surface area contributed by atoms with Gasteiger partial charge >= 0.3 is 0 Å². The highest BCUT2D eigenvalue weighted by molar-refractivity contribution is 6.42. The number of unbranched alkanes of at least 4 members (excludes halogenated alkanes) is 1. The summed E-state index contributed by atoms with van der Waals surface area (Å²) in [6.45, 7) is 4.16. The summed E-state index contributed by atoms with van der Waals surface area (Å²) in [5, 5.41) is 0.852. The van der Waals surface area contributed by atoms with Crippen molar-refractivity contribution < 1.29 is 4.79 Å². The van der Waals surface area contributed by atoms with E-state index in [1.54, 1.807) is 18.2 Å². The van der Waals surface area contributed by atoms with Gasteiger partial charge in [0.1, 0.15) is 0 Å². The maximum atomic E-state index is 13.1. The van der Waals surface area contributed by atoms with Crippen LogP contribution in [-0.4, -0.2) is 21.9 Å². The third kappa shape index (κ3) is 5.18. The molecular formula is C23H24Cl2N2O. The number of rotatable bonds is 8. The lowest BCUT2D eigenvalue weighted by Crippen LogP contribution is -2.32. The molecule has 1 amide bonds. The van der Waals surface area contributed by atoms with Crippen LogP contribution < -0.4 is 0 Å². The van der Waals surface area contributed by atoms with Crippen LogP contribution in [0.3, 0.4) is 0 Å². The van der Waals surface area contributed by atoms with Crippen molar-refractivity contribution in [3.63, 3.8) is 0 Å². The van der Waals surface area contributed by atoms with Gasteiger partial charge < -0.3 is 9.47 Å². The van der Waals surface area contributed by atoms with Crippen LogP contribution in [0.25, 0.3) is 0 Å². The molecule has 28 heavy (non-hydrogen) atoms. The first-order chi connectivity index (χ1) is 13.6. The molecule has 146 valence electrons. The topological polar surface area (TPSA) is 25.2 Å². The van der Waals surface area contributed by atoms with Crippen LogP contribution in [-0.2, 0) is 13.1 Å². The van der Waals surface area contributed by atoms with E-state index in [0.29, 0.717) is 28.7 Å². The molecule has 1 heterocycles. The molecule has 0 saturated carbocycles. The molecule has 0 aliphatic rings. The number of amides is 1. The Hall–Kier alpha value is -2.23. The van der Waals surface area contributed by atoms with Crippen LogP contribution in [0.5, 0.6) is 0 Å². The smallest absolute Gasteiger partial charge is 0.254 e. The van der Waals surface area contributed by atoms with Crippen molar-refractivity contribution in [2.45, 2.75) is 32.9 Å². The lowest BCUT2D eigenvalue weighted by molar-refractivity contribution is 0.0737. The predicted molar refractivity (Wildman–Crippen MR) is 116 cm³/mol. The summed E-state index contributed by atoms with van der Waals surface area (Å²) in [7, 11) is 0. The Labute approximate surface area is 176 Å². The Kier molecular flexibility index (Phi) is 7.18. The fourth-order valence-electron chi connectivity index (χ4n) is 3.14. The molecule has 3 rings (SSSR count). The van der Waals surface area contributed by atoms with Gasteiger partial charge in [0.15, 0.2) is 0 Å². The largest absolute Gasteiger partial charge is 0.345 e. The van der Waals surface area contributed by atoms with Crippen molar-refractivity contribution in [3.8, 4) is 0 Å². The average molecular weight is 415 g/mol. The van der Waals surface area contributed by atoms with Crippen LogP contribution in [0, 0.1) is 0 Å². The van der Waals surface area contributed by atoms with E-state index < -0.39 is 0 Å². The molecule has 3 nitrogen and oxygen atoms in total. The number of hydrogen-bond donors (Lipinski definition) is 0. The van der Waals surface area contributed by atoms with Crippen LogP contribution in [0.15, 0.2) is 66.9 Å². The molecule has 0 fully saturated rings. The number of nitrogens with zero attached hydrogens (tertiary/aromatic N) is 2. The van der Waals surface area contributed by atoms with Crippen LogP contribution in [0.1, 0.15) is 41.4 Å². The van der Waals surface area contributed by atoms with Gasteiger partial charge in [-0.15, -0.1) is 0 Å². The molecule has 2 aromatic carbocycles. The number of benzene rings is 2. The van der Waals surface area contributed by atoms with E-state index in [0.717, 1.165) is 25.1 Å². The van der Waals surface area contributed by atoms with Gasteiger partial charge in [-0.1, -0.05) is 66.9 Å². The second kappa shape index (κ2) is 9.81. The van der Waals surface area contributed by atoms with E-state index in [9.17, 15) is 4.79 Å². The van der Waals surface area contributed by atoms with Gasteiger partial charge in [0.25, 0.3) is 5.91 Å². The Bertz CT molecular complexity index is 921. The quantitative estimate of drug-likeness (QED) is 0.425. The Morgan fingerprint density at radius 1 is 1.00 bits per heavy atom. The molecule has 0 bridgehead atoms. The fourth-order valence-corrected chi connectivity index (χ4v) is 3.43. The summed E-state index contributed by atoms with van der Waals surface area (Å²) in [4.78, 5) is 15.0. The lowest BCUT2D eigenvalue weighted by atomic mass is 10.1. The molecule has 0 aliphatic heterocycles. The average Bonchev–Trinajstić information content (AvgIpc) is 3.14. The van der Waals surface area contributed by atoms with Gasteiger partial charge in [0.05, 0.1) is 16.6 Å². The number of halogens is 2. The van der Waals surface area contributed by atoms with Gasteiger partial charge in [-0.2, -0.15) is 0 Å².